The second kappa shape index (κ2) is 11.1. The molecule has 10 heteroatoms. The normalized spacial score (nSPS) is 12.3. The number of carbonyl (C=O) groups excluding carboxylic acids is 2. The van der Waals surface area contributed by atoms with E-state index in [0.29, 0.717) is 48.6 Å². The number of hydrogen-bond acceptors (Lipinski definition) is 7. The average molecular weight is 482 g/mol. The van der Waals surface area contributed by atoms with Crippen molar-refractivity contribution >= 4 is 29.3 Å². The van der Waals surface area contributed by atoms with Gasteiger partial charge in [0.1, 0.15) is 19.0 Å². The minimum atomic E-state index is -0.278. The van der Waals surface area contributed by atoms with Crippen molar-refractivity contribution < 1.29 is 19.1 Å². The van der Waals surface area contributed by atoms with Crippen LogP contribution in [0.15, 0.2) is 53.7 Å². The predicted octanol–water partition coefficient (Wildman–Crippen LogP) is 2.99. The third-order valence-corrected chi connectivity index (χ3v) is 6.26. The van der Waals surface area contributed by atoms with Gasteiger partial charge >= 0.3 is 0 Å². The molecule has 2 heterocycles. The van der Waals surface area contributed by atoms with Crippen LogP contribution in [0.4, 0.5) is 5.69 Å². The highest BCUT2D eigenvalue weighted by Crippen LogP contribution is 2.32. The van der Waals surface area contributed by atoms with Gasteiger partial charge in [0.05, 0.1) is 18.8 Å². The zero-order valence-corrected chi connectivity index (χ0v) is 20.0. The van der Waals surface area contributed by atoms with Crippen LogP contribution in [0.5, 0.6) is 11.5 Å². The van der Waals surface area contributed by atoms with E-state index in [0.717, 1.165) is 11.4 Å². The van der Waals surface area contributed by atoms with Gasteiger partial charge in [0, 0.05) is 18.3 Å². The topological polar surface area (TPSA) is 98.6 Å². The lowest BCUT2D eigenvalue weighted by molar-refractivity contribution is -0.132. The lowest BCUT2D eigenvalue weighted by Crippen LogP contribution is -2.38. The van der Waals surface area contributed by atoms with Crippen LogP contribution in [-0.2, 0) is 16.1 Å². The predicted molar refractivity (Wildman–Crippen MR) is 129 cm³/mol. The zero-order chi connectivity index (χ0) is 23.9. The van der Waals surface area contributed by atoms with Crippen LogP contribution >= 0.6 is 11.8 Å². The van der Waals surface area contributed by atoms with Gasteiger partial charge in [0.15, 0.2) is 16.7 Å². The Labute approximate surface area is 202 Å². The highest BCUT2D eigenvalue weighted by atomic mass is 32.2. The number of nitrogens with zero attached hydrogens (tertiary/aromatic N) is 4. The molecule has 0 fully saturated rings. The summed E-state index contributed by atoms with van der Waals surface area (Å²) < 4.78 is 13.0. The largest absolute Gasteiger partial charge is 0.486 e. The lowest BCUT2D eigenvalue weighted by atomic mass is 10.2. The number of hydrogen-bond donors (Lipinski definition) is 1. The Morgan fingerprint density at radius 1 is 1.09 bits per heavy atom. The first-order valence-corrected chi connectivity index (χ1v) is 12.1. The van der Waals surface area contributed by atoms with Crippen molar-refractivity contribution in [3.63, 3.8) is 0 Å². The van der Waals surface area contributed by atoms with E-state index >= 15 is 0 Å². The van der Waals surface area contributed by atoms with Crippen molar-refractivity contribution in [2.75, 3.05) is 37.4 Å². The van der Waals surface area contributed by atoms with Gasteiger partial charge in [0.25, 0.3) is 0 Å². The lowest BCUT2D eigenvalue weighted by Gasteiger charge is -2.21. The van der Waals surface area contributed by atoms with Crippen LogP contribution in [-0.4, -0.2) is 63.5 Å². The van der Waals surface area contributed by atoms with Gasteiger partial charge in [-0.05, 0) is 31.5 Å². The molecule has 2 aromatic carbocycles. The number of amides is 2. The van der Waals surface area contributed by atoms with Crippen molar-refractivity contribution in [3.8, 4) is 11.5 Å². The monoisotopic (exact) mass is 481 g/mol. The summed E-state index contributed by atoms with van der Waals surface area (Å²) in [5.74, 6) is 1.78. The molecule has 3 aromatic rings. The maximum absolute atomic E-state index is 12.8. The van der Waals surface area contributed by atoms with E-state index in [9.17, 15) is 9.59 Å². The highest BCUT2D eigenvalue weighted by molar-refractivity contribution is 7.99. The third kappa shape index (κ3) is 5.88. The van der Waals surface area contributed by atoms with Gasteiger partial charge in [-0.25, -0.2) is 0 Å². The standard InChI is InChI=1S/C24H27N5O4S/c1-3-28(15-22(30)25-19-9-10-20-21(13-19)33-12-11-32-20)23(31)16-34-24-27-26-17(2)29(24)14-18-7-5-4-6-8-18/h4-10,13H,3,11-12,14-16H2,1-2H3,(H,25,30). The Kier molecular flexibility index (Phi) is 7.69. The number of carbonyl (C=O) groups is 2. The molecule has 0 saturated carbocycles. The van der Waals surface area contributed by atoms with Crippen molar-refractivity contribution in [1.82, 2.24) is 19.7 Å². The van der Waals surface area contributed by atoms with Gasteiger partial charge in [-0.2, -0.15) is 0 Å². The molecule has 0 atom stereocenters. The Morgan fingerprint density at radius 2 is 1.85 bits per heavy atom. The van der Waals surface area contributed by atoms with Crippen LogP contribution in [0, 0.1) is 6.92 Å². The van der Waals surface area contributed by atoms with E-state index in [1.165, 1.54) is 16.7 Å². The smallest absolute Gasteiger partial charge is 0.243 e. The number of nitrogens with one attached hydrogen (secondary N) is 1. The maximum Gasteiger partial charge on any atom is 0.243 e. The van der Waals surface area contributed by atoms with E-state index in [4.69, 9.17) is 9.47 Å². The van der Waals surface area contributed by atoms with E-state index in [-0.39, 0.29) is 24.1 Å². The van der Waals surface area contributed by atoms with Crippen LogP contribution in [0.25, 0.3) is 0 Å². The number of ether oxygens (including phenoxy) is 2. The molecular weight excluding hydrogens is 454 g/mol. The molecule has 4 rings (SSSR count). The van der Waals surface area contributed by atoms with Crippen molar-refractivity contribution in [2.45, 2.75) is 25.5 Å². The molecule has 1 N–H and O–H groups in total. The van der Waals surface area contributed by atoms with Gasteiger partial charge in [0.2, 0.25) is 11.8 Å². The molecule has 34 heavy (non-hydrogen) atoms. The fourth-order valence-corrected chi connectivity index (χ4v) is 4.39. The van der Waals surface area contributed by atoms with Gasteiger partial charge in [-0.3, -0.25) is 9.59 Å². The molecule has 1 aliphatic heterocycles. The molecule has 0 bridgehead atoms. The number of thioether (sulfide) groups is 1. The minimum Gasteiger partial charge on any atom is -0.486 e. The Hall–Kier alpha value is -3.53. The molecular formula is C24H27N5O4S. The summed E-state index contributed by atoms with van der Waals surface area (Å²) in [4.78, 5) is 26.9. The molecule has 0 unspecified atom stereocenters. The maximum atomic E-state index is 12.8. The first-order valence-electron chi connectivity index (χ1n) is 11.1. The molecule has 0 spiro atoms. The number of fused-ring (bicyclic) bond motifs is 1. The Balaban J connectivity index is 1.32. The third-order valence-electron chi connectivity index (χ3n) is 5.30. The number of benzene rings is 2. The fraction of sp³-hybridized carbons (Fsp3) is 0.333. The second-order valence-corrected chi connectivity index (χ2v) is 8.65. The summed E-state index contributed by atoms with van der Waals surface area (Å²) in [6.07, 6.45) is 0. The summed E-state index contributed by atoms with van der Waals surface area (Å²) in [6.45, 7) is 5.73. The summed E-state index contributed by atoms with van der Waals surface area (Å²) in [6, 6.07) is 15.3. The molecule has 1 aromatic heterocycles. The zero-order valence-electron chi connectivity index (χ0n) is 19.2. The van der Waals surface area contributed by atoms with E-state index < -0.39 is 0 Å². The number of aromatic nitrogens is 3. The number of likely N-dealkylation sites (N-methyl/N-ethyl adjacent to an activating group) is 1. The van der Waals surface area contributed by atoms with E-state index in [2.05, 4.69) is 15.5 Å². The molecule has 2 amide bonds. The van der Waals surface area contributed by atoms with Crippen LogP contribution < -0.4 is 14.8 Å². The van der Waals surface area contributed by atoms with E-state index in [1.54, 1.807) is 18.2 Å². The minimum absolute atomic E-state index is 0.0416. The highest BCUT2D eigenvalue weighted by Gasteiger charge is 2.19. The quantitative estimate of drug-likeness (QED) is 0.469. The SMILES string of the molecule is CCN(CC(=O)Nc1ccc2c(c1)OCCO2)C(=O)CSc1nnc(C)n1Cc1ccccc1. The van der Waals surface area contributed by atoms with Crippen LogP contribution in [0.1, 0.15) is 18.3 Å². The molecule has 0 radical (unpaired) electrons. The van der Waals surface area contributed by atoms with Crippen molar-refractivity contribution in [3.05, 3.63) is 59.9 Å². The Bertz CT molecular complexity index is 1150. The number of aryl methyl sites for hydroxylation is 1. The van der Waals surface area contributed by atoms with Gasteiger partial charge < -0.3 is 24.3 Å². The molecule has 1 aliphatic rings. The summed E-state index contributed by atoms with van der Waals surface area (Å²) >= 11 is 1.32. The Morgan fingerprint density at radius 3 is 2.62 bits per heavy atom. The summed E-state index contributed by atoms with van der Waals surface area (Å²) in [7, 11) is 0. The number of rotatable bonds is 9. The van der Waals surface area contributed by atoms with Gasteiger partial charge in [-0.15, -0.1) is 10.2 Å². The van der Waals surface area contributed by atoms with Crippen LogP contribution in [0.3, 0.4) is 0 Å². The second-order valence-electron chi connectivity index (χ2n) is 7.70. The summed E-state index contributed by atoms with van der Waals surface area (Å²) in [5, 5.41) is 11.9. The number of anilines is 1. The molecule has 178 valence electrons. The first-order chi connectivity index (χ1) is 16.5. The first kappa shape index (κ1) is 23.6. The fourth-order valence-electron chi connectivity index (χ4n) is 3.51. The molecule has 0 aliphatic carbocycles. The molecule has 9 nitrogen and oxygen atoms in total. The average Bonchev–Trinajstić information content (AvgIpc) is 3.20. The van der Waals surface area contributed by atoms with Crippen LogP contribution in [0.2, 0.25) is 0 Å². The summed E-state index contributed by atoms with van der Waals surface area (Å²) in [5.41, 5.74) is 1.72. The molecule has 0 saturated heterocycles. The van der Waals surface area contributed by atoms with Gasteiger partial charge in [-0.1, -0.05) is 42.1 Å². The van der Waals surface area contributed by atoms with E-state index in [1.807, 2.05) is 48.7 Å². The van der Waals surface area contributed by atoms with Crippen molar-refractivity contribution in [1.29, 1.82) is 0 Å². The van der Waals surface area contributed by atoms with Crippen molar-refractivity contribution in [2.24, 2.45) is 0 Å².